The first-order valence-corrected chi connectivity index (χ1v) is 5.29. The van der Waals surface area contributed by atoms with Crippen molar-refractivity contribution in [3.8, 4) is 0 Å². The molecule has 74 valence electrons. The van der Waals surface area contributed by atoms with E-state index in [0.29, 0.717) is 5.92 Å². The van der Waals surface area contributed by atoms with Crippen LogP contribution in [-0.2, 0) is 0 Å². The Bertz CT molecular complexity index is 240. The average molecular weight is 180 g/mol. The third-order valence-corrected chi connectivity index (χ3v) is 2.71. The molecule has 0 amide bonds. The zero-order valence-electron chi connectivity index (χ0n) is 8.93. The van der Waals surface area contributed by atoms with Crippen LogP contribution in [0.5, 0.6) is 0 Å². The summed E-state index contributed by atoms with van der Waals surface area (Å²) in [5, 5.41) is 7.08. The molecule has 0 aliphatic carbocycles. The molecule has 0 saturated heterocycles. The highest BCUT2D eigenvalue weighted by atomic mass is 15.1. The number of rotatable bonds is 5. The second-order valence-corrected chi connectivity index (χ2v) is 3.70. The summed E-state index contributed by atoms with van der Waals surface area (Å²) in [6.07, 6.45) is 7.11. The molecule has 0 bridgehead atoms. The summed E-state index contributed by atoms with van der Waals surface area (Å²) in [6.45, 7) is 6.61. The minimum absolute atomic E-state index is 0.707. The Kier molecular flexibility index (Phi) is 4.00. The maximum absolute atomic E-state index is 4.07. The Labute approximate surface area is 80.7 Å². The summed E-state index contributed by atoms with van der Waals surface area (Å²) in [7, 11) is 0. The van der Waals surface area contributed by atoms with Crippen LogP contribution >= 0.6 is 0 Å². The van der Waals surface area contributed by atoms with Gasteiger partial charge in [-0.15, -0.1) is 0 Å². The molecule has 2 heteroatoms. The molecule has 1 N–H and O–H groups in total. The van der Waals surface area contributed by atoms with Crippen molar-refractivity contribution in [1.82, 2.24) is 10.2 Å². The first kappa shape index (κ1) is 10.3. The Balaban J connectivity index is 2.61. The molecule has 0 aliphatic heterocycles. The van der Waals surface area contributed by atoms with E-state index < -0.39 is 0 Å². The Morgan fingerprint density at radius 2 is 2.23 bits per heavy atom. The fourth-order valence-electron chi connectivity index (χ4n) is 1.80. The zero-order chi connectivity index (χ0) is 9.68. The summed E-state index contributed by atoms with van der Waals surface area (Å²) in [4.78, 5) is 0. The van der Waals surface area contributed by atoms with Crippen molar-refractivity contribution in [3.63, 3.8) is 0 Å². The molecule has 0 aliphatic rings. The quantitative estimate of drug-likeness (QED) is 0.739. The van der Waals surface area contributed by atoms with Crippen molar-refractivity contribution in [2.45, 2.75) is 52.4 Å². The lowest BCUT2D eigenvalue weighted by Gasteiger charge is -2.13. The fourth-order valence-corrected chi connectivity index (χ4v) is 1.80. The lowest BCUT2D eigenvalue weighted by Crippen LogP contribution is -1.97. The number of aromatic nitrogens is 2. The van der Waals surface area contributed by atoms with Gasteiger partial charge in [0.15, 0.2) is 0 Å². The minimum Gasteiger partial charge on any atom is -0.283 e. The van der Waals surface area contributed by atoms with E-state index >= 15 is 0 Å². The van der Waals surface area contributed by atoms with Crippen LogP contribution in [0.4, 0.5) is 0 Å². The highest BCUT2D eigenvalue weighted by molar-refractivity contribution is 5.19. The largest absolute Gasteiger partial charge is 0.283 e. The molecular formula is C11H20N2. The zero-order valence-corrected chi connectivity index (χ0v) is 8.93. The predicted octanol–water partition coefficient (Wildman–Crippen LogP) is 3.40. The molecule has 2 nitrogen and oxygen atoms in total. The van der Waals surface area contributed by atoms with Crippen LogP contribution in [0.25, 0.3) is 0 Å². The number of hydrogen-bond donors (Lipinski definition) is 1. The molecule has 1 rings (SSSR count). The van der Waals surface area contributed by atoms with Gasteiger partial charge in [-0.2, -0.15) is 5.10 Å². The summed E-state index contributed by atoms with van der Waals surface area (Å²) >= 11 is 0. The third-order valence-electron chi connectivity index (χ3n) is 2.71. The molecule has 0 radical (unpaired) electrons. The van der Waals surface area contributed by atoms with Gasteiger partial charge in [-0.05, 0) is 31.2 Å². The van der Waals surface area contributed by atoms with Crippen molar-refractivity contribution in [3.05, 3.63) is 17.5 Å². The minimum atomic E-state index is 0.707. The van der Waals surface area contributed by atoms with E-state index in [-0.39, 0.29) is 0 Å². The average Bonchev–Trinajstić information content (AvgIpc) is 2.54. The standard InChI is InChI=1S/C11H20N2/c1-4-6-7-10(5-2)11-8-12-13-9(11)3/h8,10H,4-7H2,1-3H3,(H,12,13). The monoisotopic (exact) mass is 180 g/mol. The SMILES string of the molecule is CCCCC(CC)c1cn[nH]c1C. The van der Waals surface area contributed by atoms with Gasteiger partial charge in [0.1, 0.15) is 0 Å². The van der Waals surface area contributed by atoms with E-state index in [1.807, 2.05) is 6.20 Å². The van der Waals surface area contributed by atoms with Crippen LogP contribution in [0.15, 0.2) is 6.20 Å². The van der Waals surface area contributed by atoms with Gasteiger partial charge >= 0.3 is 0 Å². The number of unbranched alkanes of at least 4 members (excludes halogenated alkanes) is 1. The summed E-state index contributed by atoms with van der Waals surface area (Å²) in [6, 6.07) is 0. The number of H-pyrrole nitrogens is 1. The smallest absolute Gasteiger partial charge is 0.0524 e. The van der Waals surface area contributed by atoms with E-state index in [0.717, 1.165) is 0 Å². The first-order valence-electron chi connectivity index (χ1n) is 5.29. The molecule has 1 unspecified atom stereocenters. The van der Waals surface area contributed by atoms with Crippen molar-refractivity contribution in [2.75, 3.05) is 0 Å². The van der Waals surface area contributed by atoms with Gasteiger partial charge in [-0.25, -0.2) is 0 Å². The normalized spacial score (nSPS) is 13.2. The van der Waals surface area contributed by atoms with E-state index in [9.17, 15) is 0 Å². The third kappa shape index (κ3) is 2.58. The molecule has 0 fully saturated rings. The maximum atomic E-state index is 4.07. The Morgan fingerprint density at radius 1 is 1.46 bits per heavy atom. The second kappa shape index (κ2) is 5.05. The van der Waals surface area contributed by atoms with Gasteiger partial charge in [0.25, 0.3) is 0 Å². The van der Waals surface area contributed by atoms with Gasteiger partial charge in [0.2, 0.25) is 0 Å². The lowest BCUT2D eigenvalue weighted by atomic mass is 9.92. The maximum Gasteiger partial charge on any atom is 0.0524 e. The van der Waals surface area contributed by atoms with E-state index in [1.165, 1.54) is 36.9 Å². The highest BCUT2D eigenvalue weighted by Crippen LogP contribution is 2.26. The molecule has 13 heavy (non-hydrogen) atoms. The molecule has 1 aromatic heterocycles. The number of aromatic amines is 1. The lowest BCUT2D eigenvalue weighted by molar-refractivity contribution is 0.567. The number of hydrogen-bond acceptors (Lipinski definition) is 1. The van der Waals surface area contributed by atoms with Crippen molar-refractivity contribution >= 4 is 0 Å². The molecular weight excluding hydrogens is 160 g/mol. The molecule has 1 aromatic rings. The number of nitrogens with one attached hydrogen (secondary N) is 1. The number of aryl methyl sites for hydroxylation is 1. The van der Waals surface area contributed by atoms with E-state index in [1.54, 1.807) is 0 Å². The molecule has 1 heterocycles. The molecule has 1 atom stereocenters. The first-order chi connectivity index (χ1) is 6.29. The predicted molar refractivity (Wildman–Crippen MR) is 55.9 cm³/mol. The van der Waals surface area contributed by atoms with E-state index in [2.05, 4.69) is 31.0 Å². The molecule has 0 saturated carbocycles. The Hall–Kier alpha value is -0.790. The summed E-state index contributed by atoms with van der Waals surface area (Å²) < 4.78 is 0. The van der Waals surface area contributed by atoms with E-state index in [4.69, 9.17) is 0 Å². The second-order valence-electron chi connectivity index (χ2n) is 3.70. The van der Waals surface area contributed by atoms with Gasteiger partial charge in [-0.1, -0.05) is 26.7 Å². The van der Waals surface area contributed by atoms with Gasteiger partial charge in [0.05, 0.1) is 6.20 Å². The van der Waals surface area contributed by atoms with Crippen LogP contribution in [0.1, 0.15) is 56.7 Å². The topological polar surface area (TPSA) is 28.7 Å². The van der Waals surface area contributed by atoms with Crippen molar-refractivity contribution in [2.24, 2.45) is 0 Å². The van der Waals surface area contributed by atoms with Gasteiger partial charge in [-0.3, -0.25) is 5.10 Å². The van der Waals surface area contributed by atoms with Crippen LogP contribution in [0.3, 0.4) is 0 Å². The summed E-state index contributed by atoms with van der Waals surface area (Å²) in [5.41, 5.74) is 2.65. The highest BCUT2D eigenvalue weighted by Gasteiger charge is 2.12. The molecule has 0 aromatic carbocycles. The van der Waals surface area contributed by atoms with Gasteiger partial charge in [0, 0.05) is 5.69 Å². The van der Waals surface area contributed by atoms with Crippen LogP contribution < -0.4 is 0 Å². The van der Waals surface area contributed by atoms with Gasteiger partial charge < -0.3 is 0 Å². The molecule has 0 spiro atoms. The fraction of sp³-hybridized carbons (Fsp3) is 0.727. The number of nitrogens with zero attached hydrogens (tertiary/aromatic N) is 1. The van der Waals surface area contributed by atoms with Crippen LogP contribution in [-0.4, -0.2) is 10.2 Å². The van der Waals surface area contributed by atoms with Crippen LogP contribution in [0.2, 0.25) is 0 Å². The Morgan fingerprint density at radius 3 is 2.69 bits per heavy atom. The van der Waals surface area contributed by atoms with Crippen LogP contribution in [0, 0.1) is 6.92 Å². The summed E-state index contributed by atoms with van der Waals surface area (Å²) in [5.74, 6) is 0.707. The van der Waals surface area contributed by atoms with Crippen molar-refractivity contribution in [1.29, 1.82) is 0 Å². The van der Waals surface area contributed by atoms with Crippen molar-refractivity contribution < 1.29 is 0 Å².